The minimum absolute atomic E-state index is 0.0130. The first-order chi connectivity index (χ1) is 17.4. The van der Waals surface area contributed by atoms with Crippen molar-refractivity contribution in [2.45, 2.75) is 19.5 Å². The van der Waals surface area contributed by atoms with Crippen LogP contribution >= 0.6 is 0 Å². The molecule has 2 aromatic carbocycles. The number of carbonyl (C=O) groups excluding carboxylic acids is 4. The lowest BCUT2D eigenvalue weighted by molar-refractivity contribution is -0.124. The van der Waals surface area contributed by atoms with Crippen molar-refractivity contribution in [1.82, 2.24) is 10.2 Å². The fourth-order valence-electron chi connectivity index (χ4n) is 4.03. The summed E-state index contributed by atoms with van der Waals surface area (Å²) < 4.78 is 21.4. The molecule has 184 valence electrons. The Bertz CT molecular complexity index is 1350. The molecule has 2 aliphatic rings. The normalized spacial score (nSPS) is 14.9. The van der Waals surface area contributed by atoms with E-state index in [-0.39, 0.29) is 29.3 Å². The van der Waals surface area contributed by atoms with Gasteiger partial charge in [0.15, 0.2) is 18.1 Å². The molecular weight excluding hydrogens is 468 g/mol. The van der Waals surface area contributed by atoms with Crippen molar-refractivity contribution in [3.05, 3.63) is 82.8 Å². The highest BCUT2D eigenvalue weighted by atomic mass is 16.6. The lowest BCUT2D eigenvalue weighted by Crippen LogP contribution is -2.31. The number of furan rings is 1. The molecule has 1 N–H and O–H groups in total. The van der Waals surface area contributed by atoms with E-state index >= 15 is 0 Å². The lowest BCUT2D eigenvalue weighted by atomic mass is 10.1. The third-order valence-electron chi connectivity index (χ3n) is 5.88. The van der Waals surface area contributed by atoms with E-state index in [1.54, 1.807) is 31.2 Å². The average Bonchev–Trinajstić information content (AvgIpc) is 3.49. The molecule has 0 fully saturated rings. The van der Waals surface area contributed by atoms with E-state index in [1.807, 2.05) is 6.07 Å². The summed E-state index contributed by atoms with van der Waals surface area (Å²) in [6.07, 6.45) is 1.45. The van der Waals surface area contributed by atoms with Gasteiger partial charge in [0.2, 0.25) is 0 Å². The Morgan fingerprint density at radius 2 is 1.78 bits per heavy atom. The van der Waals surface area contributed by atoms with Crippen LogP contribution in [0.3, 0.4) is 0 Å². The van der Waals surface area contributed by atoms with Crippen molar-refractivity contribution < 1.29 is 37.8 Å². The molecule has 36 heavy (non-hydrogen) atoms. The zero-order valence-electron chi connectivity index (χ0n) is 19.3. The molecule has 0 aliphatic carbocycles. The summed E-state index contributed by atoms with van der Waals surface area (Å²) in [5, 5.41) is 2.76. The summed E-state index contributed by atoms with van der Waals surface area (Å²) in [5.41, 5.74) is 1.15. The van der Waals surface area contributed by atoms with Crippen LogP contribution in [0.2, 0.25) is 0 Å². The first-order valence-corrected chi connectivity index (χ1v) is 11.3. The minimum Gasteiger partial charge on any atom is -0.486 e. The Balaban J connectivity index is 1.18. The Hall–Kier alpha value is -4.60. The standard InChI is InChI=1S/C26H22N2O8/c1-15(16-5-7-21-22(12-16)35-10-9-34-21)27-23(29)14-36-26(32)17-4-6-19-20(11-17)25(31)28(24(19)30)13-18-3-2-8-33-18/h2-8,11-12,15H,9-10,13-14H2,1H3,(H,27,29). The number of fused-ring (bicyclic) bond motifs is 2. The number of hydrogen-bond donors (Lipinski definition) is 1. The van der Waals surface area contributed by atoms with Crippen molar-refractivity contribution in [2.75, 3.05) is 19.8 Å². The van der Waals surface area contributed by atoms with Crippen LogP contribution in [0.5, 0.6) is 11.5 Å². The summed E-state index contributed by atoms with van der Waals surface area (Å²) >= 11 is 0. The fraction of sp³-hybridized carbons (Fsp3) is 0.231. The third-order valence-corrected chi connectivity index (χ3v) is 5.88. The van der Waals surface area contributed by atoms with Crippen LogP contribution in [-0.2, 0) is 16.1 Å². The second-order valence-corrected chi connectivity index (χ2v) is 8.30. The highest BCUT2D eigenvalue weighted by Crippen LogP contribution is 2.32. The van der Waals surface area contributed by atoms with Crippen molar-refractivity contribution in [1.29, 1.82) is 0 Å². The molecule has 1 unspecified atom stereocenters. The first-order valence-electron chi connectivity index (χ1n) is 11.3. The van der Waals surface area contributed by atoms with Crippen LogP contribution in [0.15, 0.2) is 59.2 Å². The Morgan fingerprint density at radius 1 is 1.00 bits per heavy atom. The maximum absolute atomic E-state index is 12.8. The number of nitrogens with one attached hydrogen (secondary N) is 1. The van der Waals surface area contributed by atoms with Gasteiger partial charge >= 0.3 is 5.97 Å². The van der Waals surface area contributed by atoms with E-state index < -0.39 is 30.3 Å². The maximum Gasteiger partial charge on any atom is 0.338 e. The van der Waals surface area contributed by atoms with Gasteiger partial charge in [-0.2, -0.15) is 0 Å². The number of hydrogen-bond acceptors (Lipinski definition) is 8. The van der Waals surface area contributed by atoms with Crippen LogP contribution in [0.4, 0.5) is 0 Å². The number of carbonyl (C=O) groups is 4. The Kier molecular flexibility index (Phi) is 6.16. The second kappa shape index (κ2) is 9.57. The fourth-order valence-corrected chi connectivity index (χ4v) is 4.03. The molecule has 2 aliphatic heterocycles. The number of esters is 1. The van der Waals surface area contributed by atoms with Gasteiger partial charge < -0.3 is 23.9 Å². The molecule has 1 atom stereocenters. The number of rotatable bonds is 7. The second-order valence-electron chi connectivity index (χ2n) is 8.30. The van der Waals surface area contributed by atoms with Gasteiger partial charge in [0, 0.05) is 0 Å². The molecule has 3 amide bonds. The lowest BCUT2D eigenvalue weighted by Gasteiger charge is -2.21. The monoisotopic (exact) mass is 490 g/mol. The molecule has 5 rings (SSSR count). The molecule has 10 nitrogen and oxygen atoms in total. The van der Waals surface area contributed by atoms with Crippen LogP contribution in [0.1, 0.15) is 55.4 Å². The van der Waals surface area contributed by atoms with E-state index in [2.05, 4.69) is 5.32 Å². The zero-order valence-corrected chi connectivity index (χ0v) is 19.3. The summed E-state index contributed by atoms with van der Waals surface area (Å²) in [6, 6.07) is 12.4. The van der Waals surface area contributed by atoms with Gasteiger partial charge in [-0.05, 0) is 55.0 Å². The quantitative estimate of drug-likeness (QED) is 0.396. The van der Waals surface area contributed by atoms with Crippen LogP contribution < -0.4 is 14.8 Å². The number of benzene rings is 2. The molecular formula is C26H22N2O8. The van der Waals surface area contributed by atoms with E-state index in [0.717, 1.165) is 10.5 Å². The summed E-state index contributed by atoms with van der Waals surface area (Å²) in [6.45, 7) is 2.21. The third kappa shape index (κ3) is 4.52. The van der Waals surface area contributed by atoms with Crippen molar-refractivity contribution in [3.8, 4) is 11.5 Å². The number of nitrogens with zero attached hydrogens (tertiary/aromatic N) is 1. The number of imide groups is 1. The molecule has 0 saturated heterocycles. The highest BCUT2D eigenvalue weighted by molar-refractivity contribution is 6.21. The van der Waals surface area contributed by atoms with Crippen molar-refractivity contribution >= 4 is 23.7 Å². The van der Waals surface area contributed by atoms with Gasteiger partial charge in [0.05, 0.1) is 35.5 Å². The van der Waals surface area contributed by atoms with Gasteiger partial charge in [0.25, 0.3) is 17.7 Å². The molecule has 10 heteroatoms. The average molecular weight is 490 g/mol. The van der Waals surface area contributed by atoms with Gasteiger partial charge in [-0.15, -0.1) is 0 Å². The molecule has 3 heterocycles. The van der Waals surface area contributed by atoms with Crippen molar-refractivity contribution in [3.63, 3.8) is 0 Å². The SMILES string of the molecule is CC(NC(=O)COC(=O)c1ccc2c(c1)C(=O)N(Cc1ccco1)C2=O)c1ccc2c(c1)OCCO2. The molecule has 0 bridgehead atoms. The summed E-state index contributed by atoms with van der Waals surface area (Å²) in [7, 11) is 0. The van der Waals surface area contributed by atoms with E-state index in [1.165, 1.54) is 24.5 Å². The number of amides is 3. The molecule has 1 aromatic heterocycles. The summed E-state index contributed by atoms with van der Waals surface area (Å²) in [4.78, 5) is 51.3. The maximum atomic E-state index is 12.8. The smallest absolute Gasteiger partial charge is 0.338 e. The van der Waals surface area contributed by atoms with Crippen LogP contribution in [0.25, 0.3) is 0 Å². The predicted octanol–water partition coefficient (Wildman–Crippen LogP) is 2.88. The van der Waals surface area contributed by atoms with Gasteiger partial charge in [-0.25, -0.2) is 4.79 Å². The van der Waals surface area contributed by atoms with Crippen LogP contribution in [0, 0.1) is 0 Å². The number of ether oxygens (including phenoxy) is 3. The van der Waals surface area contributed by atoms with Gasteiger partial charge in [-0.1, -0.05) is 6.07 Å². The van der Waals surface area contributed by atoms with E-state index in [0.29, 0.717) is 30.5 Å². The molecule has 0 saturated carbocycles. The minimum atomic E-state index is -0.787. The van der Waals surface area contributed by atoms with E-state index in [4.69, 9.17) is 18.6 Å². The van der Waals surface area contributed by atoms with Gasteiger partial charge in [-0.3, -0.25) is 19.3 Å². The van der Waals surface area contributed by atoms with Crippen molar-refractivity contribution in [2.24, 2.45) is 0 Å². The molecule has 3 aromatic rings. The molecule has 0 radical (unpaired) electrons. The topological polar surface area (TPSA) is 124 Å². The van der Waals surface area contributed by atoms with Gasteiger partial charge in [0.1, 0.15) is 19.0 Å². The highest BCUT2D eigenvalue weighted by Gasteiger charge is 2.36. The summed E-state index contributed by atoms with van der Waals surface area (Å²) in [5.74, 6) is -0.575. The predicted molar refractivity (Wildman–Crippen MR) is 124 cm³/mol. The van der Waals surface area contributed by atoms with E-state index in [9.17, 15) is 19.2 Å². The molecule has 0 spiro atoms. The Labute approximate surface area is 205 Å². The largest absolute Gasteiger partial charge is 0.486 e. The first kappa shape index (κ1) is 23.2. The van der Waals surface area contributed by atoms with Crippen LogP contribution in [-0.4, -0.2) is 48.4 Å². The zero-order chi connectivity index (χ0) is 25.2. The Morgan fingerprint density at radius 3 is 2.56 bits per heavy atom.